The van der Waals surface area contributed by atoms with E-state index in [0.29, 0.717) is 24.7 Å². The maximum absolute atomic E-state index is 8.84. The molecule has 0 aliphatic heterocycles. The lowest BCUT2D eigenvalue weighted by molar-refractivity contribution is 0.194. The summed E-state index contributed by atoms with van der Waals surface area (Å²) in [7, 11) is 0. The topological polar surface area (TPSA) is 50.7 Å². The fourth-order valence-corrected chi connectivity index (χ4v) is 1.97. The molecule has 0 saturated heterocycles. The van der Waals surface area contributed by atoms with Gasteiger partial charge < -0.3 is 19.9 Å². The van der Waals surface area contributed by atoms with Crippen LogP contribution in [0, 0.1) is 0 Å². The fraction of sp³-hybridized carbons (Fsp3) is 0.294. The molecule has 0 radical (unpaired) electrons. The summed E-state index contributed by atoms with van der Waals surface area (Å²) >= 11 is 0. The van der Waals surface area contributed by atoms with Gasteiger partial charge in [-0.3, -0.25) is 0 Å². The van der Waals surface area contributed by atoms with Crippen LogP contribution in [-0.4, -0.2) is 24.9 Å². The van der Waals surface area contributed by atoms with Gasteiger partial charge in [0.1, 0.15) is 6.61 Å². The van der Waals surface area contributed by atoms with Crippen LogP contribution >= 0.6 is 0 Å². The third-order valence-corrected chi connectivity index (χ3v) is 2.93. The number of benzene rings is 2. The first-order valence-corrected chi connectivity index (χ1v) is 7.11. The molecular formula is C17H21NO3. The van der Waals surface area contributed by atoms with Gasteiger partial charge in [0.25, 0.3) is 0 Å². The molecule has 2 aromatic carbocycles. The van der Waals surface area contributed by atoms with Gasteiger partial charge in [0, 0.05) is 12.2 Å². The summed E-state index contributed by atoms with van der Waals surface area (Å²) < 4.78 is 11.1. The Bertz CT molecular complexity index is 543. The molecule has 2 N–H and O–H groups in total. The Balaban J connectivity index is 2.04. The average molecular weight is 287 g/mol. The van der Waals surface area contributed by atoms with Gasteiger partial charge in [0.15, 0.2) is 11.5 Å². The van der Waals surface area contributed by atoms with E-state index in [2.05, 4.69) is 5.32 Å². The largest absolute Gasteiger partial charge is 0.490 e. The van der Waals surface area contributed by atoms with Gasteiger partial charge in [0.05, 0.1) is 13.2 Å². The van der Waals surface area contributed by atoms with Crippen molar-refractivity contribution in [2.24, 2.45) is 0 Å². The molecule has 2 aromatic rings. The van der Waals surface area contributed by atoms with Crippen LogP contribution in [0.5, 0.6) is 11.5 Å². The quantitative estimate of drug-likeness (QED) is 0.783. The highest BCUT2D eigenvalue weighted by atomic mass is 16.5. The van der Waals surface area contributed by atoms with E-state index in [1.807, 2.05) is 55.5 Å². The number of aliphatic hydroxyl groups excluding tert-OH is 1. The lowest BCUT2D eigenvalue weighted by Gasteiger charge is -2.13. The molecule has 0 unspecified atom stereocenters. The van der Waals surface area contributed by atoms with Crippen molar-refractivity contribution in [3.05, 3.63) is 54.1 Å². The highest BCUT2D eigenvalue weighted by molar-refractivity contribution is 5.46. The minimum absolute atomic E-state index is 0.0110. The van der Waals surface area contributed by atoms with Crippen molar-refractivity contribution in [1.29, 1.82) is 0 Å². The Morgan fingerprint density at radius 2 is 1.81 bits per heavy atom. The Morgan fingerprint density at radius 1 is 1.00 bits per heavy atom. The van der Waals surface area contributed by atoms with E-state index in [-0.39, 0.29) is 13.2 Å². The normalized spacial score (nSPS) is 10.2. The van der Waals surface area contributed by atoms with Crippen LogP contribution in [0.2, 0.25) is 0 Å². The van der Waals surface area contributed by atoms with E-state index in [0.717, 1.165) is 11.3 Å². The third-order valence-electron chi connectivity index (χ3n) is 2.93. The van der Waals surface area contributed by atoms with E-state index in [1.54, 1.807) is 0 Å². The summed E-state index contributed by atoms with van der Waals surface area (Å²) in [5.74, 6) is 1.37. The summed E-state index contributed by atoms with van der Waals surface area (Å²) in [6.45, 7) is 3.48. The number of anilines is 1. The molecule has 0 fully saturated rings. The molecule has 4 heteroatoms. The maximum Gasteiger partial charge on any atom is 0.161 e. The zero-order valence-electron chi connectivity index (χ0n) is 12.2. The molecule has 0 atom stereocenters. The minimum atomic E-state index is -0.0110. The molecule has 0 amide bonds. The van der Waals surface area contributed by atoms with Crippen LogP contribution in [0.25, 0.3) is 0 Å². The van der Waals surface area contributed by atoms with Crippen LogP contribution in [-0.2, 0) is 6.54 Å². The SMILES string of the molecule is CCOc1cc(CNc2ccccc2)ccc1OCCO. The summed E-state index contributed by atoms with van der Waals surface area (Å²) in [5, 5.41) is 12.2. The lowest BCUT2D eigenvalue weighted by atomic mass is 10.2. The number of ether oxygens (including phenoxy) is 2. The highest BCUT2D eigenvalue weighted by Gasteiger charge is 2.06. The van der Waals surface area contributed by atoms with Gasteiger partial charge in [-0.25, -0.2) is 0 Å². The highest BCUT2D eigenvalue weighted by Crippen LogP contribution is 2.28. The molecule has 0 aliphatic rings. The van der Waals surface area contributed by atoms with Crippen LogP contribution in [0.3, 0.4) is 0 Å². The molecule has 0 aromatic heterocycles. The first-order chi connectivity index (χ1) is 10.3. The molecule has 112 valence electrons. The summed E-state index contributed by atoms with van der Waals surface area (Å²) in [5.41, 5.74) is 2.19. The number of hydrogen-bond donors (Lipinski definition) is 2. The van der Waals surface area contributed by atoms with Crippen LogP contribution in [0.1, 0.15) is 12.5 Å². The van der Waals surface area contributed by atoms with Crippen molar-refractivity contribution in [1.82, 2.24) is 0 Å². The minimum Gasteiger partial charge on any atom is -0.490 e. The lowest BCUT2D eigenvalue weighted by Crippen LogP contribution is -2.05. The molecule has 0 aliphatic carbocycles. The predicted molar refractivity (Wildman–Crippen MR) is 84.0 cm³/mol. The number of hydrogen-bond acceptors (Lipinski definition) is 4. The van der Waals surface area contributed by atoms with E-state index < -0.39 is 0 Å². The second-order valence-corrected chi connectivity index (χ2v) is 4.51. The number of nitrogens with one attached hydrogen (secondary N) is 1. The standard InChI is InChI=1S/C17H21NO3/c1-2-20-17-12-14(8-9-16(17)21-11-10-19)13-18-15-6-4-3-5-7-15/h3-9,12,18-19H,2,10-11,13H2,1H3. The fourth-order valence-electron chi connectivity index (χ4n) is 1.97. The Hall–Kier alpha value is -2.20. The maximum atomic E-state index is 8.84. The summed E-state index contributed by atoms with van der Waals surface area (Å²) in [4.78, 5) is 0. The molecule has 4 nitrogen and oxygen atoms in total. The van der Waals surface area contributed by atoms with Crippen molar-refractivity contribution in [3.8, 4) is 11.5 Å². The first kappa shape index (κ1) is 15.2. The summed E-state index contributed by atoms with van der Waals surface area (Å²) in [6.07, 6.45) is 0. The van der Waals surface area contributed by atoms with E-state index in [4.69, 9.17) is 14.6 Å². The number of rotatable bonds is 8. The van der Waals surface area contributed by atoms with Crippen molar-refractivity contribution in [2.45, 2.75) is 13.5 Å². The predicted octanol–water partition coefficient (Wildman–Crippen LogP) is 3.07. The van der Waals surface area contributed by atoms with Crippen molar-refractivity contribution in [2.75, 3.05) is 25.1 Å². The molecule has 2 rings (SSSR count). The average Bonchev–Trinajstić information content (AvgIpc) is 2.53. The molecular weight excluding hydrogens is 266 g/mol. The van der Waals surface area contributed by atoms with E-state index in [1.165, 1.54) is 0 Å². The number of para-hydroxylation sites is 1. The smallest absolute Gasteiger partial charge is 0.161 e. The monoisotopic (exact) mass is 287 g/mol. The van der Waals surface area contributed by atoms with Gasteiger partial charge in [-0.15, -0.1) is 0 Å². The first-order valence-electron chi connectivity index (χ1n) is 7.11. The molecule has 0 bridgehead atoms. The van der Waals surface area contributed by atoms with E-state index >= 15 is 0 Å². The van der Waals surface area contributed by atoms with Crippen LogP contribution in [0.4, 0.5) is 5.69 Å². The molecule has 0 heterocycles. The molecule has 0 spiro atoms. The van der Waals surface area contributed by atoms with Crippen LogP contribution in [0.15, 0.2) is 48.5 Å². The Kier molecular flexibility index (Phi) is 5.91. The van der Waals surface area contributed by atoms with Crippen molar-refractivity contribution >= 4 is 5.69 Å². The molecule has 21 heavy (non-hydrogen) atoms. The zero-order chi connectivity index (χ0) is 14.9. The van der Waals surface area contributed by atoms with Gasteiger partial charge >= 0.3 is 0 Å². The van der Waals surface area contributed by atoms with Gasteiger partial charge in [0.2, 0.25) is 0 Å². The third kappa shape index (κ3) is 4.68. The number of aliphatic hydroxyl groups is 1. The van der Waals surface area contributed by atoms with Crippen molar-refractivity contribution < 1.29 is 14.6 Å². The van der Waals surface area contributed by atoms with E-state index in [9.17, 15) is 0 Å². The zero-order valence-corrected chi connectivity index (χ0v) is 12.2. The second kappa shape index (κ2) is 8.17. The van der Waals surface area contributed by atoms with Gasteiger partial charge in [-0.1, -0.05) is 24.3 Å². The second-order valence-electron chi connectivity index (χ2n) is 4.51. The van der Waals surface area contributed by atoms with Crippen molar-refractivity contribution in [3.63, 3.8) is 0 Å². The van der Waals surface area contributed by atoms with Gasteiger partial charge in [-0.05, 0) is 36.8 Å². The Morgan fingerprint density at radius 3 is 2.52 bits per heavy atom. The summed E-state index contributed by atoms with van der Waals surface area (Å²) in [6, 6.07) is 15.9. The molecule has 0 saturated carbocycles. The van der Waals surface area contributed by atoms with Crippen LogP contribution < -0.4 is 14.8 Å². The Labute approximate surface area is 125 Å². The van der Waals surface area contributed by atoms with Gasteiger partial charge in [-0.2, -0.15) is 0 Å².